The molecule has 0 aromatic heterocycles. The summed E-state index contributed by atoms with van der Waals surface area (Å²) in [6.45, 7) is 14.1. The van der Waals surface area contributed by atoms with E-state index in [1.807, 2.05) is 0 Å². The van der Waals surface area contributed by atoms with Gasteiger partial charge in [-0.3, -0.25) is 0 Å². The zero-order valence-electron chi connectivity index (χ0n) is 30.1. The van der Waals surface area contributed by atoms with E-state index in [1.54, 1.807) is 21.3 Å². The Morgan fingerprint density at radius 3 is 1.13 bits per heavy atom. The third kappa shape index (κ3) is 21.4. The smallest absolute Gasteiger partial charge is 0.479 e. The Morgan fingerprint density at radius 1 is 0.556 bits per heavy atom. The maximum atomic E-state index is 9.77. The summed E-state index contributed by atoms with van der Waals surface area (Å²) in [5.74, 6) is -3.54. The number of quaternary nitrogens is 1. The van der Waals surface area contributed by atoms with Gasteiger partial charge in [0.05, 0.1) is 31.7 Å². The van der Waals surface area contributed by atoms with Crippen LogP contribution in [0.5, 0.6) is 0 Å². The molecule has 0 saturated carbocycles. The molecule has 45 heavy (non-hydrogen) atoms. The SMILES string of the molecule is CCCCCCCCCCCCCCCCCC[N+](CCC)(CCC)CC(C)[Si](OC)(OC)OC.O=C(O)C(O)C(O)C(=O)O. The van der Waals surface area contributed by atoms with Crippen LogP contribution in [0.15, 0.2) is 0 Å². The Bertz CT molecular complexity index is 677. The molecule has 0 aliphatic heterocycles. The molecule has 0 rings (SSSR count). The monoisotopic (exact) mass is 666 g/mol. The van der Waals surface area contributed by atoms with E-state index in [0.717, 1.165) is 6.54 Å². The standard InChI is InChI=1S/C30H66NO3Si.C4H6O6/c1-8-11-12-13-14-15-16-17-18-19-20-21-22-23-24-25-28-31(26-9-2,27-10-3)29-30(4)35(32-5,33-6)34-7;5-1(3(7)8)2(6)4(9)10/h30H,8-29H2,1-7H3;1-2,5-6H,(H,7,8)(H,9,10)/q+1;. The van der Waals surface area contributed by atoms with Crippen LogP contribution in [-0.4, -0.2) is 105 Å². The molecule has 3 atom stereocenters. The molecule has 0 spiro atoms. The highest BCUT2D eigenvalue weighted by Gasteiger charge is 2.48. The van der Waals surface area contributed by atoms with Crippen molar-refractivity contribution in [1.82, 2.24) is 0 Å². The number of carboxylic acids is 2. The minimum atomic E-state index is -2.60. The fraction of sp³-hybridized carbons (Fsp3) is 0.941. The van der Waals surface area contributed by atoms with E-state index in [9.17, 15) is 9.59 Å². The van der Waals surface area contributed by atoms with Gasteiger partial charge in [-0.1, -0.05) is 118 Å². The van der Waals surface area contributed by atoms with Crippen molar-refractivity contribution in [3.05, 3.63) is 0 Å². The van der Waals surface area contributed by atoms with Gasteiger partial charge in [-0.25, -0.2) is 9.59 Å². The van der Waals surface area contributed by atoms with E-state index in [1.165, 1.54) is 140 Å². The number of aliphatic hydroxyl groups excluding tert-OH is 2. The molecule has 0 aromatic rings. The molecule has 10 nitrogen and oxygen atoms in total. The predicted octanol–water partition coefficient (Wildman–Crippen LogP) is 7.03. The number of aliphatic carboxylic acids is 2. The van der Waals surface area contributed by atoms with Gasteiger partial charge in [-0.15, -0.1) is 0 Å². The lowest BCUT2D eigenvalue weighted by Gasteiger charge is -2.43. The summed E-state index contributed by atoms with van der Waals surface area (Å²) < 4.78 is 18.7. The van der Waals surface area contributed by atoms with Crippen molar-refractivity contribution >= 4 is 20.7 Å². The third-order valence-corrected chi connectivity index (χ3v) is 11.9. The number of unbranched alkanes of at least 4 members (excludes halogenated alkanes) is 15. The third-order valence-electron chi connectivity index (χ3n) is 8.81. The fourth-order valence-electron chi connectivity index (χ4n) is 6.37. The second-order valence-corrected chi connectivity index (χ2v) is 16.1. The number of carbonyl (C=O) groups is 2. The van der Waals surface area contributed by atoms with E-state index in [-0.39, 0.29) is 0 Å². The fourth-order valence-corrected chi connectivity index (χ4v) is 8.69. The number of aliphatic hydroxyl groups is 2. The van der Waals surface area contributed by atoms with Gasteiger partial charge in [0.2, 0.25) is 0 Å². The van der Waals surface area contributed by atoms with Gasteiger partial charge in [0.1, 0.15) is 0 Å². The van der Waals surface area contributed by atoms with Gasteiger partial charge in [-0.2, -0.15) is 0 Å². The van der Waals surface area contributed by atoms with Gasteiger partial charge >= 0.3 is 20.7 Å². The van der Waals surface area contributed by atoms with Crippen molar-refractivity contribution in [3.63, 3.8) is 0 Å². The highest BCUT2D eigenvalue weighted by Crippen LogP contribution is 2.29. The lowest BCUT2D eigenvalue weighted by atomic mass is 10.0. The highest BCUT2D eigenvalue weighted by molar-refractivity contribution is 6.62. The van der Waals surface area contributed by atoms with Gasteiger partial charge in [-0.05, 0) is 25.7 Å². The number of hydrogen-bond acceptors (Lipinski definition) is 7. The van der Waals surface area contributed by atoms with Crippen LogP contribution in [0.3, 0.4) is 0 Å². The lowest BCUT2D eigenvalue weighted by Crippen LogP contribution is -2.57. The first-order chi connectivity index (χ1) is 21.5. The summed E-state index contributed by atoms with van der Waals surface area (Å²) in [5.41, 5.74) is 0.307. The van der Waals surface area contributed by atoms with Crippen molar-refractivity contribution in [2.75, 3.05) is 47.5 Å². The molecule has 0 fully saturated rings. The summed E-state index contributed by atoms with van der Waals surface area (Å²) in [4.78, 5) is 19.5. The zero-order chi connectivity index (χ0) is 34.6. The first kappa shape index (κ1) is 46.0. The van der Waals surface area contributed by atoms with E-state index in [0.29, 0.717) is 5.54 Å². The van der Waals surface area contributed by atoms with Crippen molar-refractivity contribution in [3.8, 4) is 0 Å². The van der Waals surface area contributed by atoms with Gasteiger partial charge in [0.25, 0.3) is 0 Å². The predicted molar refractivity (Wildman–Crippen MR) is 183 cm³/mol. The van der Waals surface area contributed by atoms with E-state index in [4.69, 9.17) is 33.7 Å². The summed E-state index contributed by atoms with van der Waals surface area (Å²) in [6.07, 6.45) is 20.8. The molecule has 4 N–H and O–H groups in total. The molecule has 0 bridgehead atoms. The maximum Gasteiger partial charge on any atom is 0.508 e. The Morgan fingerprint density at radius 2 is 0.867 bits per heavy atom. The van der Waals surface area contributed by atoms with Crippen LogP contribution in [-0.2, 0) is 22.9 Å². The number of rotatable bonds is 30. The van der Waals surface area contributed by atoms with Crippen LogP contribution >= 0.6 is 0 Å². The summed E-state index contributed by atoms with van der Waals surface area (Å²) >= 11 is 0. The highest BCUT2D eigenvalue weighted by atomic mass is 28.4. The molecule has 0 saturated heterocycles. The Hall–Kier alpha value is -1.08. The van der Waals surface area contributed by atoms with Crippen LogP contribution in [0.25, 0.3) is 0 Å². The molecule has 0 amide bonds. The molecule has 270 valence electrons. The van der Waals surface area contributed by atoms with Crippen LogP contribution in [0, 0.1) is 0 Å². The molecular formula is C34H72NO9Si+. The van der Waals surface area contributed by atoms with Crippen molar-refractivity contribution in [2.24, 2.45) is 0 Å². The molecule has 0 aliphatic rings. The first-order valence-corrected chi connectivity index (χ1v) is 19.6. The van der Waals surface area contributed by atoms with E-state index >= 15 is 0 Å². The molecule has 0 radical (unpaired) electrons. The normalized spacial score (nSPS) is 14.0. The molecular weight excluding hydrogens is 594 g/mol. The van der Waals surface area contributed by atoms with Gasteiger partial charge < -0.3 is 38.2 Å². The minimum absolute atomic E-state index is 0.307. The average molecular weight is 667 g/mol. The summed E-state index contributed by atoms with van der Waals surface area (Å²) in [6, 6.07) is 0. The van der Waals surface area contributed by atoms with Gasteiger partial charge in [0, 0.05) is 21.3 Å². The van der Waals surface area contributed by atoms with Gasteiger partial charge in [0.15, 0.2) is 12.2 Å². The Labute approximate surface area is 276 Å². The number of hydrogen-bond donors (Lipinski definition) is 4. The van der Waals surface area contributed by atoms with Crippen molar-refractivity contribution < 1.29 is 47.8 Å². The van der Waals surface area contributed by atoms with Crippen LogP contribution < -0.4 is 0 Å². The summed E-state index contributed by atoms with van der Waals surface area (Å²) in [7, 11) is 2.65. The molecule has 0 aliphatic carbocycles. The van der Waals surface area contributed by atoms with Crippen LogP contribution in [0.4, 0.5) is 0 Å². The van der Waals surface area contributed by atoms with Crippen molar-refractivity contribution in [1.29, 1.82) is 0 Å². The van der Waals surface area contributed by atoms with Crippen LogP contribution in [0.2, 0.25) is 5.54 Å². The topological polar surface area (TPSA) is 143 Å². The lowest BCUT2D eigenvalue weighted by molar-refractivity contribution is -0.928. The van der Waals surface area contributed by atoms with E-state index in [2.05, 4.69) is 27.7 Å². The minimum Gasteiger partial charge on any atom is -0.479 e. The molecule has 11 heteroatoms. The van der Waals surface area contributed by atoms with Crippen LogP contribution in [0.1, 0.15) is 143 Å². The second-order valence-electron chi connectivity index (χ2n) is 12.7. The largest absolute Gasteiger partial charge is 0.508 e. The Kier molecular flexibility index (Phi) is 29.8. The number of nitrogens with zero attached hydrogens (tertiary/aromatic N) is 1. The molecule has 0 heterocycles. The summed E-state index contributed by atoms with van der Waals surface area (Å²) in [5, 5.41) is 32.5. The quantitative estimate of drug-likeness (QED) is 0.0361. The number of carboxylic acid groups (broad SMARTS) is 2. The molecule has 3 unspecified atom stereocenters. The Balaban J connectivity index is 0. The maximum absolute atomic E-state index is 9.77. The first-order valence-electron chi connectivity index (χ1n) is 17.8. The average Bonchev–Trinajstić information content (AvgIpc) is 3.01. The zero-order valence-corrected chi connectivity index (χ0v) is 31.1. The second kappa shape index (κ2) is 29.1. The molecule has 0 aromatic carbocycles. The van der Waals surface area contributed by atoms with E-state index < -0.39 is 33.0 Å². The van der Waals surface area contributed by atoms with Crippen molar-refractivity contribution in [2.45, 2.75) is 161 Å².